The van der Waals surface area contributed by atoms with Crippen molar-refractivity contribution in [3.8, 4) is 11.5 Å². The van der Waals surface area contributed by atoms with E-state index in [-0.39, 0.29) is 22.6 Å². The van der Waals surface area contributed by atoms with Crippen molar-refractivity contribution in [1.82, 2.24) is 0 Å². The van der Waals surface area contributed by atoms with E-state index in [0.29, 0.717) is 0 Å². The molecular weight excluding hydrogens is 552 g/mol. The molecule has 0 saturated carbocycles. The minimum absolute atomic E-state index is 0.175. The zero-order valence-corrected chi connectivity index (χ0v) is 21.3. The summed E-state index contributed by atoms with van der Waals surface area (Å²) in [5, 5.41) is 82.0. The number of esters is 2. The molecule has 2 aliphatic heterocycles. The Morgan fingerprint density at radius 2 is 1.24 bits per heavy atom. The van der Waals surface area contributed by atoms with Crippen LogP contribution in [0.5, 0.6) is 11.5 Å². The van der Waals surface area contributed by atoms with Gasteiger partial charge in [-0.3, -0.25) is 0 Å². The van der Waals surface area contributed by atoms with Crippen LogP contribution < -0.4 is 0 Å². The van der Waals surface area contributed by atoms with Gasteiger partial charge in [-0.15, -0.1) is 0 Å². The summed E-state index contributed by atoms with van der Waals surface area (Å²) >= 11 is 0. The number of phenols is 2. The molecule has 0 bridgehead atoms. The van der Waals surface area contributed by atoms with Crippen LogP contribution in [0.15, 0.2) is 48.5 Å². The fourth-order valence-electron chi connectivity index (χ4n) is 4.37. The average Bonchev–Trinajstić information content (AvgIpc) is 3.20. The highest BCUT2D eigenvalue weighted by Crippen LogP contribution is 2.36. The largest absolute Gasteiger partial charge is 0.507 e. The van der Waals surface area contributed by atoms with Crippen LogP contribution in [0.1, 0.15) is 20.7 Å². The maximum absolute atomic E-state index is 12.3. The van der Waals surface area contributed by atoms with Crippen molar-refractivity contribution in [2.75, 3.05) is 19.8 Å². The normalized spacial score (nSPS) is 33.3. The van der Waals surface area contributed by atoms with Gasteiger partial charge in [-0.1, -0.05) is 24.3 Å². The van der Waals surface area contributed by atoms with Gasteiger partial charge in [-0.25, -0.2) is 9.59 Å². The van der Waals surface area contributed by atoms with Gasteiger partial charge >= 0.3 is 11.9 Å². The number of ether oxygens (including phenoxy) is 5. The van der Waals surface area contributed by atoms with Crippen LogP contribution in [0.4, 0.5) is 0 Å². The molecule has 15 nitrogen and oxygen atoms in total. The summed E-state index contributed by atoms with van der Waals surface area (Å²) in [6.07, 6.45) is -14.3. The molecule has 2 fully saturated rings. The fraction of sp³-hybridized carbons (Fsp3) is 0.462. The Balaban J connectivity index is 1.42. The highest BCUT2D eigenvalue weighted by molar-refractivity contribution is 5.92. The van der Waals surface area contributed by atoms with Crippen LogP contribution in [0.3, 0.4) is 0 Å². The van der Waals surface area contributed by atoms with Gasteiger partial charge in [0.2, 0.25) is 5.79 Å². The van der Waals surface area contributed by atoms with Gasteiger partial charge in [-0.05, 0) is 24.3 Å². The lowest BCUT2D eigenvalue weighted by atomic mass is 9.99. The first-order valence-electron chi connectivity index (χ1n) is 12.4. The molecule has 2 aromatic carbocycles. The summed E-state index contributed by atoms with van der Waals surface area (Å²) in [5.41, 5.74) is -0.359. The van der Waals surface area contributed by atoms with Gasteiger partial charge in [0, 0.05) is 0 Å². The Hall–Kier alpha value is -3.38. The Morgan fingerprint density at radius 3 is 1.76 bits per heavy atom. The van der Waals surface area contributed by atoms with Crippen molar-refractivity contribution in [3.63, 3.8) is 0 Å². The van der Waals surface area contributed by atoms with E-state index in [4.69, 9.17) is 23.7 Å². The molecule has 2 aliphatic rings. The predicted octanol–water partition coefficient (Wildman–Crippen LogP) is -2.25. The number of aromatic hydroxyl groups is 2. The van der Waals surface area contributed by atoms with E-state index >= 15 is 0 Å². The molecule has 0 spiro atoms. The third kappa shape index (κ3) is 6.28. The van der Waals surface area contributed by atoms with Crippen molar-refractivity contribution in [1.29, 1.82) is 0 Å². The maximum Gasteiger partial charge on any atom is 0.342 e. The monoisotopic (exact) mass is 582 g/mol. The van der Waals surface area contributed by atoms with Crippen LogP contribution in [-0.4, -0.2) is 127 Å². The number of carbonyl (C=O) groups is 2. The minimum atomic E-state index is -2.46. The van der Waals surface area contributed by atoms with E-state index in [1.165, 1.54) is 48.5 Å². The summed E-state index contributed by atoms with van der Waals surface area (Å²) in [7, 11) is 0. The van der Waals surface area contributed by atoms with Gasteiger partial charge in [0.1, 0.15) is 85.2 Å². The van der Waals surface area contributed by atoms with Gasteiger partial charge in [-0.2, -0.15) is 0 Å². The average molecular weight is 583 g/mol. The molecule has 15 heteroatoms. The number of phenolic OH excluding ortho intramolecular Hbond substituents is 2. The molecule has 2 aromatic rings. The van der Waals surface area contributed by atoms with Crippen LogP contribution in [0.2, 0.25) is 0 Å². The van der Waals surface area contributed by atoms with E-state index in [1.54, 1.807) is 0 Å². The standard InChI is InChI=1S/C26H30O15/c27-11-26(22(34)19(31)17(40-26)10-38-24(36)13-6-2-4-8-15(13)29)41-25-21(33)20(32)18(30)16(39-25)9-37-23(35)12-5-1-3-7-14(12)28/h1-8,16-22,25,27-34H,9-11H2. The lowest BCUT2D eigenvalue weighted by Crippen LogP contribution is -2.62. The summed E-state index contributed by atoms with van der Waals surface area (Å²) in [6.45, 7) is -2.45. The molecular formula is C26H30O15. The second-order valence-electron chi connectivity index (χ2n) is 9.43. The maximum atomic E-state index is 12.3. The molecule has 0 aromatic heterocycles. The van der Waals surface area contributed by atoms with Crippen LogP contribution >= 0.6 is 0 Å². The van der Waals surface area contributed by atoms with Crippen molar-refractivity contribution >= 4 is 11.9 Å². The Labute approximate surface area is 232 Å². The third-order valence-electron chi connectivity index (χ3n) is 6.72. The minimum Gasteiger partial charge on any atom is -0.507 e. The zero-order valence-electron chi connectivity index (χ0n) is 21.3. The van der Waals surface area contributed by atoms with Crippen molar-refractivity contribution in [2.45, 2.75) is 54.8 Å². The quantitative estimate of drug-likeness (QED) is 0.146. The number of hydrogen-bond acceptors (Lipinski definition) is 15. The Kier molecular flexibility index (Phi) is 9.43. The van der Waals surface area contributed by atoms with E-state index < -0.39 is 86.6 Å². The van der Waals surface area contributed by atoms with Crippen molar-refractivity contribution < 1.29 is 74.1 Å². The van der Waals surface area contributed by atoms with E-state index in [2.05, 4.69) is 0 Å². The first kappa shape index (κ1) is 30.6. The predicted molar refractivity (Wildman–Crippen MR) is 131 cm³/mol. The molecule has 0 amide bonds. The summed E-state index contributed by atoms with van der Waals surface area (Å²) < 4.78 is 26.6. The Morgan fingerprint density at radius 1 is 0.732 bits per heavy atom. The van der Waals surface area contributed by atoms with Crippen LogP contribution in [-0.2, 0) is 23.7 Å². The molecule has 0 aliphatic carbocycles. The molecule has 41 heavy (non-hydrogen) atoms. The second-order valence-corrected chi connectivity index (χ2v) is 9.43. The summed E-state index contributed by atoms with van der Waals surface area (Å²) in [5.74, 6) is -5.14. The van der Waals surface area contributed by atoms with E-state index in [9.17, 15) is 50.4 Å². The number of benzene rings is 2. The van der Waals surface area contributed by atoms with Gasteiger partial charge in [0.25, 0.3) is 0 Å². The first-order chi connectivity index (χ1) is 19.5. The topological polar surface area (TPSA) is 242 Å². The number of aliphatic hydroxyl groups is 6. The Bertz CT molecular complexity index is 1220. The molecule has 4 rings (SSSR count). The molecule has 2 heterocycles. The van der Waals surface area contributed by atoms with Crippen molar-refractivity contribution in [2.24, 2.45) is 0 Å². The van der Waals surface area contributed by atoms with Crippen LogP contribution in [0.25, 0.3) is 0 Å². The molecule has 0 radical (unpaired) electrons. The first-order valence-corrected chi connectivity index (χ1v) is 12.4. The van der Waals surface area contributed by atoms with Crippen LogP contribution in [0, 0.1) is 0 Å². The SMILES string of the molecule is O=C(OCC1OC(OC2(CO)OC(COC(=O)c3ccccc3O)C(O)C2O)C(O)C(O)C1O)c1ccccc1O. The number of aliphatic hydroxyl groups excluding tert-OH is 6. The highest BCUT2D eigenvalue weighted by Gasteiger charge is 2.59. The highest BCUT2D eigenvalue weighted by atomic mass is 16.8. The molecule has 224 valence electrons. The second kappa shape index (κ2) is 12.6. The zero-order chi connectivity index (χ0) is 29.9. The summed E-state index contributed by atoms with van der Waals surface area (Å²) in [4.78, 5) is 24.6. The lowest BCUT2D eigenvalue weighted by molar-refractivity contribution is -0.383. The molecule has 2 saturated heterocycles. The number of para-hydroxylation sites is 2. The molecule has 9 unspecified atom stereocenters. The third-order valence-corrected chi connectivity index (χ3v) is 6.72. The van der Waals surface area contributed by atoms with E-state index in [1.807, 2.05) is 0 Å². The number of carbonyl (C=O) groups excluding carboxylic acids is 2. The summed E-state index contributed by atoms with van der Waals surface area (Å²) in [6, 6.07) is 11.0. The molecule has 9 atom stereocenters. The number of hydrogen-bond donors (Lipinski definition) is 8. The fourth-order valence-corrected chi connectivity index (χ4v) is 4.37. The van der Waals surface area contributed by atoms with E-state index in [0.717, 1.165) is 0 Å². The van der Waals surface area contributed by atoms with Crippen molar-refractivity contribution in [3.05, 3.63) is 59.7 Å². The van der Waals surface area contributed by atoms with Gasteiger partial charge in [0.05, 0.1) is 0 Å². The number of rotatable bonds is 9. The van der Waals surface area contributed by atoms with Gasteiger partial charge in [0.15, 0.2) is 6.29 Å². The smallest absolute Gasteiger partial charge is 0.342 e. The van der Waals surface area contributed by atoms with Gasteiger partial charge < -0.3 is 64.5 Å². The lowest BCUT2D eigenvalue weighted by Gasteiger charge is -2.43. The molecule has 8 N–H and O–H groups in total.